The van der Waals surface area contributed by atoms with Crippen LogP contribution in [-0.4, -0.2) is 37.9 Å². The Bertz CT molecular complexity index is 980. The summed E-state index contributed by atoms with van der Waals surface area (Å²) in [6, 6.07) is 9.65. The highest BCUT2D eigenvalue weighted by Gasteiger charge is 2.22. The van der Waals surface area contributed by atoms with Crippen LogP contribution in [0.1, 0.15) is 25.5 Å². The second kappa shape index (κ2) is 9.59. The van der Waals surface area contributed by atoms with E-state index in [4.69, 9.17) is 0 Å². The van der Waals surface area contributed by atoms with Crippen molar-refractivity contribution in [1.82, 2.24) is 10.0 Å². The molecule has 29 heavy (non-hydrogen) atoms. The molecule has 0 radical (unpaired) electrons. The summed E-state index contributed by atoms with van der Waals surface area (Å²) in [7, 11) is -3.98. The Hall–Kier alpha value is -2.82. The van der Waals surface area contributed by atoms with Gasteiger partial charge >= 0.3 is 0 Å². The Morgan fingerprint density at radius 2 is 1.79 bits per heavy atom. The van der Waals surface area contributed by atoms with E-state index in [1.54, 1.807) is 0 Å². The zero-order valence-electron chi connectivity index (χ0n) is 15.8. The average molecular weight is 423 g/mol. The molecule has 2 aromatic carbocycles. The molecule has 0 aliphatic rings. The van der Waals surface area contributed by atoms with E-state index in [0.717, 1.165) is 6.07 Å². The summed E-state index contributed by atoms with van der Waals surface area (Å²) >= 11 is 0. The predicted molar refractivity (Wildman–Crippen MR) is 105 cm³/mol. The van der Waals surface area contributed by atoms with Crippen molar-refractivity contribution in [3.05, 3.63) is 59.9 Å². The molecule has 2 amide bonds. The summed E-state index contributed by atoms with van der Waals surface area (Å²) in [6.45, 7) is 2.48. The van der Waals surface area contributed by atoms with E-state index < -0.39 is 33.9 Å². The Morgan fingerprint density at radius 3 is 2.38 bits per heavy atom. The highest BCUT2D eigenvalue weighted by molar-refractivity contribution is 7.89. The van der Waals surface area contributed by atoms with Gasteiger partial charge in [-0.15, -0.1) is 0 Å². The minimum absolute atomic E-state index is 0.0777. The van der Waals surface area contributed by atoms with E-state index in [9.17, 15) is 27.5 Å². The number of nitrogens with one attached hydrogen (secondary N) is 3. The first-order valence-corrected chi connectivity index (χ1v) is 10.2. The van der Waals surface area contributed by atoms with Crippen molar-refractivity contribution in [3.8, 4) is 0 Å². The third-order valence-corrected chi connectivity index (χ3v) is 5.47. The third-order valence-electron chi connectivity index (χ3n) is 3.91. The lowest BCUT2D eigenvalue weighted by molar-refractivity contribution is -0.122. The molecule has 0 saturated heterocycles. The molecule has 2 aromatic rings. The van der Waals surface area contributed by atoms with Crippen molar-refractivity contribution in [2.24, 2.45) is 0 Å². The number of hydrogen-bond acceptors (Lipinski definition) is 5. The van der Waals surface area contributed by atoms with Crippen LogP contribution >= 0.6 is 0 Å². The second-order valence-electron chi connectivity index (χ2n) is 6.36. The minimum Gasteiger partial charge on any atom is -0.387 e. The normalized spacial score (nSPS) is 13.4. The van der Waals surface area contributed by atoms with Gasteiger partial charge in [0.25, 0.3) is 0 Å². The molecule has 0 aromatic heterocycles. The molecule has 0 fully saturated rings. The van der Waals surface area contributed by atoms with Crippen LogP contribution in [0.3, 0.4) is 0 Å². The maximum Gasteiger partial charge on any atom is 0.241 e. The smallest absolute Gasteiger partial charge is 0.241 e. The molecule has 1 unspecified atom stereocenters. The quantitative estimate of drug-likeness (QED) is 0.509. The molecule has 0 spiro atoms. The average Bonchev–Trinajstić information content (AvgIpc) is 2.65. The fourth-order valence-corrected chi connectivity index (χ4v) is 3.66. The van der Waals surface area contributed by atoms with Crippen LogP contribution in [0.2, 0.25) is 0 Å². The molecule has 2 rings (SSSR count). The van der Waals surface area contributed by atoms with Gasteiger partial charge in [-0.2, -0.15) is 4.72 Å². The second-order valence-corrected chi connectivity index (χ2v) is 8.08. The number of halogens is 1. The van der Waals surface area contributed by atoms with E-state index in [2.05, 4.69) is 15.4 Å². The van der Waals surface area contributed by atoms with E-state index in [-0.39, 0.29) is 22.9 Å². The highest BCUT2D eigenvalue weighted by atomic mass is 32.2. The molecule has 4 N–H and O–H groups in total. The lowest BCUT2D eigenvalue weighted by atomic mass is 10.1. The van der Waals surface area contributed by atoms with Crippen molar-refractivity contribution in [2.45, 2.75) is 30.9 Å². The molecule has 2 atom stereocenters. The minimum atomic E-state index is -3.98. The van der Waals surface area contributed by atoms with Crippen LogP contribution in [-0.2, 0) is 19.6 Å². The Labute approximate surface area is 168 Å². The molecule has 0 aliphatic heterocycles. The van der Waals surface area contributed by atoms with Gasteiger partial charge in [-0.1, -0.05) is 12.1 Å². The van der Waals surface area contributed by atoms with Gasteiger partial charge in [-0.3, -0.25) is 9.59 Å². The first-order chi connectivity index (χ1) is 13.6. The number of amides is 2. The van der Waals surface area contributed by atoms with Crippen LogP contribution < -0.4 is 15.4 Å². The predicted octanol–water partition coefficient (Wildman–Crippen LogP) is 1.30. The zero-order chi connectivity index (χ0) is 21.6. The Kier molecular flexibility index (Phi) is 7.43. The monoisotopic (exact) mass is 423 g/mol. The number of carbonyl (C=O) groups is 2. The number of rotatable bonds is 8. The van der Waals surface area contributed by atoms with E-state index in [0.29, 0.717) is 5.69 Å². The van der Waals surface area contributed by atoms with Gasteiger partial charge in [0.2, 0.25) is 21.8 Å². The maximum atomic E-state index is 13.2. The molecular weight excluding hydrogens is 401 g/mol. The number of anilines is 1. The third kappa shape index (κ3) is 6.63. The standard InChI is InChI=1S/C19H22FN3O5S/c1-12(19(26)21-11-18(25)14-4-3-5-15(20)10-14)23-29(27,28)17-8-6-16(7-9-17)22-13(2)24/h3-10,12,18,23,25H,11H2,1-2H3,(H,21,26)(H,22,24)/t12-,18?/m0/s1. The molecular formula is C19H22FN3O5S. The zero-order valence-corrected chi connectivity index (χ0v) is 16.7. The van der Waals surface area contributed by atoms with Crippen LogP contribution in [0.5, 0.6) is 0 Å². The van der Waals surface area contributed by atoms with Crippen LogP contribution in [0, 0.1) is 5.82 Å². The maximum absolute atomic E-state index is 13.2. The molecule has 0 bridgehead atoms. The number of aliphatic hydroxyl groups excluding tert-OH is 1. The van der Waals surface area contributed by atoms with Gasteiger partial charge in [-0.25, -0.2) is 12.8 Å². The van der Waals surface area contributed by atoms with Crippen LogP contribution in [0.25, 0.3) is 0 Å². The number of carbonyl (C=O) groups excluding carboxylic acids is 2. The number of hydrogen-bond donors (Lipinski definition) is 4. The van der Waals surface area contributed by atoms with Gasteiger partial charge in [0.1, 0.15) is 5.82 Å². The number of sulfonamides is 1. The van der Waals surface area contributed by atoms with Crippen LogP contribution in [0.15, 0.2) is 53.4 Å². The summed E-state index contributed by atoms with van der Waals surface area (Å²) in [5.74, 6) is -1.46. The summed E-state index contributed by atoms with van der Waals surface area (Å²) in [5.41, 5.74) is 0.728. The largest absolute Gasteiger partial charge is 0.387 e. The summed E-state index contributed by atoms with van der Waals surface area (Å²) in [5, 5.41) is 15.0. The summed E-state index contributed by atoms with van der Waals surface area (Å²) < 4.78 is 40.2. The lowest BCUT2D eigenvalue weighted by Gasteiger charge is -2.17. The molecule has 0 saturated carbocycles. The summed E-state index contributed by atoms with van der Waals surface area (Å²) in [4.78, 5) is 23.1. The molecule has 0 aliphatic carbocycles. The Balaban J connectivity index is 1.94. The van der Waals surface area contributed by atoms with Crippen molar-refractivity contribution in [1.29, 1.82) is 0 Å². The van der Waals surface area contributed by atoms with Crippen molar-refractivity contribution in [3.63, 3.8) is 0 Å². The number of aliphatic hydroxyl groups is 1. The molecule has 8 nitrogen and oxygen atoms in total. The molecule has 0 heterocycles. The van der Waals surface area contributed by atoms with E-state index in [1.165, 1.54) is 56.3 Å². The van der Waals surface area contributed by atoms with Gasteiger partial charge in [-0.05, 0) is 48.9 Å². The van der Waals surface area contributed by atoms with Gasteiger partial charge < -0.3 is 15.7 Å². The fraction of sp³-hybridized carbons (Fsp3) is 0.263. The van der Waals surface area contributed by atoms with Gasteiger partial charge in [0, 0.05) is 19.2 Å². The van der Waals surface area contributed by atoms with Crippen molar-refractivity contribution in [2.75, 3.05) is 11.9 Å². The summed E-state index contributed by atoms with van der Waals surface area (Å²) in [6.07, 6.45) is -1.14. The SMILES string of the molecule is CC(=O)Nc1ccc(S(=O)(=O)N[C@@H](C)C(=O)NCC(O)c2cccc(F)c2)cc1. The van der Waals surface area contributed by atoms with Crippen molar-refractivity contribution >= 4 is 27.5 Å². The lowest BCUT2D eigenvalue weighted by Crippen LogP contribution is -2.45. The fourth-order valence-electron chi connectivity index (χ4n) is 2.46. The highest BCUT2D eigenvalue weighted by Crippen LogP contribution is 2.15. The van der Waals surface area contributed by atoms with Gasteiger partial charge in [0.15, 0.2) is 0 Å². The van der Waals surface area contributed by atoms with E-state index >= 15 is 0 Å². The topological polar surface area (TPSA) is 125 Å². The first kappa shape index (κ1) is 22.5. The van der Waals surface area contributed by atoms with Gasteiger partial charge in [0.05, 0.1) is 17.0 Å². The molecule has 10 heteroatoms. The van der Waals surface area contributed by atoms with E-state index in [1.807, 2.05) is 0 Å². The molecule has 156 valence electrons. The first-order valence-electron chi connectivity index (χ1n) is 8.69. The van der Waals surface area contributed by atoms with Crippen molar-refractivity contribution < 1.29 is 27.5 Å². The Morgan fingerprint density at radius 1 is 1.14 bits per heavy atom. The number of benzene rings is 2. The van der Waals surface area contributed by atoms with Crippen LogP contribution in [0.4, 0.5) is 10.1 Å².